The Morgan fingerprint density at radius 2 is 2.44 bits per heavy atom. The number of hydrogen-bond donors (Lipinski definition) is 2. The van der Waals surface area contributed by atoms with Crippen molar-refractivity contribution in [2.75, 3.05) is 13.2 Å². The number of hydrogen-bond acceptors (Lipinski definition) is 4. The van der Waals surface area contributed by atoms with Gasteiger partial charge in [-0.25, -0.2) is 0 Å². The van der Waals surface area contributed by atoms with Gasteiger partial charge in [-0.1, -0.05) is 11.6 Å². The summed E-state index contributed by atoms with van der Waals surface area (Å²) in [6.45, 7) is 3.94. The first-order chi connectivity index (χ1) is 8.66. The van der Waals surface area contributed by atoms with E-state index in [2.05, 4.69) is 12.2 Å². The largest absolute Gasteiger partial charge is 0.392 e. The molecular weight excluding hydrogens is 270 g/mol. The van der Waals surface area contributed by atoms with Crippen molar-refractivity contribution >= 4 is 22.9 Å². The zero-order valence-electron chi connectivity index (χ0n) is 10.5. The molecule has 5 heteroatoms. The smallest absolute Gasteiger partial charge is 0.105 e. The van der Waals surface area contributed by atoms with E-state index in [-0.39, 0.29) is 12.2 Å². The van der Waals surface area contributed by atoms with Crippen LogP contribution in [-0.4, -0.2) is 24.3 Å². The van der Waals surface area contributed by atoms with Gasteiger partial charge in [-0.05, 0) is 38.3 Å². The summed E-state index contributed by atoms with van der Waals surface area (Å²) < 4.78 is 6.88. The molecule has 0 saturated carbocycles. The Bertz CT molecular complexity index is 462. The van der Waals surface area contributed by atoms with Crippen molar-refractivity contribution in [3.8, 4) is 0 Å². The van der Waals surface area contributed by atoms with Crippen LogP contribution in [0.5, 0.6) is 0 Å². The Kier molecular flexibility index (Phi) is 3.41. The van der Waals surface area contributed by atoms with E-state index in [4.69, 9.17) is 16.3 Å². The lowest BCUT2D eigenvalue weighted by molar-refractivity contribution is -0.0851. The van der Waals surface area contributed by atoms with Crippen molar-refractivity contribution in [3.63, 3.8) is 0 Å². The first kappa shape index (κ1) is 12.9. The van der Waals surface area contributed by atoms with E-state index in [9.17, 15) is 5.11 Å². The van der Waals surface area contributed by atoms with E-state index < -0.39 is 0 Å². The fraction of sp³-hybridized carbons (Fsp3) is 0.692. The number of nitrogens with one attached hydrogen (secondary N) is 1. The molecule has 0 aliphatic carbocycles. The Morgan fingerprint density at radius 3 is 3.17 bits per heavy atom. The fourth-order valence-corrected chi connectivity index (χ4v) is 4.87. The molecule has 0 amide bonds. The predicted molar refractivity (Wildman–Crippen MR) is 73.3 cm³/mol. The molecule has 2 N–H and O–H groups in total. The van der Waals surface area contributed by atoms with Crippen molar-refractivity contribution in [3.05, 3.63) is 20.3 Å². The maximum absolute atomic E-state index is 9.47. The van der Waals surface area contributed by atoms with Crippen molar-refractivity contribution in [1.29, 1.82) is 0 Å². The Balaban J connectivity index is 2.06. The van der Waals surface area contributed by atoms with Gasteiger partial charge < -0.3 is 15.2 Å². The van der Waals surface area contributed by atoms with Gasteiger partial charge in [0.25, 0.3) is 0 Å². The van der Waals surface area contributed by atoms with E-state index in [0.29, 0.717) is 6.04 Å². The van der Waals surface area contributed by atoms with Gasteiger partial charge in [0.05, 0.1) is 17.6 Å². The summed E-state index contributed by atoms with van der Waals surface area (Å²) >= 11 is 7.86. The van der Waals surface area contributed by atoms with E-state index in [1.807, 2.05) is 0 Å². The van der Waals surface area contributed by atoms with Gasteiger partial charge in [0.15, 0.2) is 0 Å². The molecule has 100 valence electrons. The van der Waals surface area contributed by atoms with Crippen LogP contribution in [0.25, 0.3) is 0 Å². The summed E-state index contributed by atoms with van der Waals surface area (Å²) in [6.07, 6.45) is 2.85. The Labute approximate surface area is 116 Å². The minimum Gasteiger partial charge on any atom is -0.392 e. The third-order valence-corrected chi connectivity index (χ3v) is 5.73. The lowest BCUT2D eigenvalue weighted by Crippen LogP contribution is -2.48. The molecule has 1 fully saturated rings. The average molecular weight is 288 g/mol. The summed E-state index contributed by atoms with van der Waals surface area (Å²) in [5, 5.41) is 12.9. The highest BCUT2D eigenvalue weighted by Gasteiger charge is 2.43. The molecule has 3 rings (SSSR count). The standard InChI is InChI=1S/C13H18ClNO2S/c1-8-6-13(3-4-15-8)11-9(2-5-17-13)10(7-16)12(14)18-11/h8,15-16H,2-7H2,1H3/t8-,13+/m0/s1. The summed E-state index contributed by atoms with van der Waals surface area (Å²) in [6, 6.07) is 0.461. The highest BCUT2D eigenvalue weighted by Crippen LogP contribution is 2.48. The van der Waals surface area contributed by atoms with E-state index in [0.717, 1.165) is 42.3 Å². The molecule has 0 unspecified atom stereocenters. The first-order valence-electron chi connectivity index (χ1n) is 6.45. The Morgan fingerprint density at radius 1 is 1.61 bits per heavy atom. The van der Waals surface area contributed by atoms with E-state index in [1.165, 1.54) is 10.4 Å². The van der Waals surface area contributed by atoms with Gasteiger partial charge in [0.1, 0.15) is 5.60 Å². The molecule has 0 radical (unpaired) electrons. The van der Waals surface area contributed by atoms with E-state index in [1.54, 1.807) is 11.3 Å². The highest BCUT2D eigenvalue weighted by molar-refractivity contribution is 7.16. The molecule has 2 atom stereocenters. The van der Waals surface area contributed by atoms with Gasteiger partial charge in [-0.3, -0.25) is 0 Å². The van der Waals surface area contributed by atoms with Crippen LogP contribution in [0.15, 0.2) is 0 Å². The fourth-order valence-electron chi connectivity index (χ4n) is 3.20. The monoisotopic (exact) mass is 287 g/mol. The maximum atomic E-state index is 9.47. The van der Waals surface area contributed by atoms with Crippen LogP contribution < -0.4 is 5.32 Å². The molecule has 0 bridgehead atoms. The van der Waals surface area contributed by atoms with Gasteiger partial charge in [0, 0.05) is 16.5 Å². The normalized spacial score (nSPS) is 31.6. The minimum absolute atomic E-state index is 0.0363. The van der Waals surface area contributed by atoms with Crippen molar-refractivity contribution in [2.45, 2.75) is 44.4 Å². The lowest BCUT2D eigenvalue weighted by atomic mass is 9.82. The van der Waals surface area contributed by atoms with Crippen molar-refractivity contribution in [1.82, 2.24) is 5.32 Å². The van der Waals surface area contributed by atoms with Crippen LogP contribution in [0.2, 0.25) is 4.34 Å². The maximum Gasteiger partial charge on any atom is 0.105 e. The van der Waals surface area contributed by atoms with Crippen molar-refractivity contribution in [2.24, 2.45) is 0 Å². The van der Waals surface area contributed by atoms with Crippen LogP contribution >= 0.6 is 22.9 Å². The van der Waals surface area contributed by atoms with Gasteiger partial charge in [-0.15, -0.1) is 11.3 Å². The minimum atomic E-state index is -0.167. The third kappa shape index (κ3) is 1.91. The molecule has 1 aromatic heterocycles. The molecule has 3 nitrogen and oxygen atoms in total. The third-order valence-electron chi connectivity index (χ3n) is 4.03. The molecule has 18 heavy (non-hydrogen) atoms. The number of rotatable bonds is 1. The predicted octanol–water partition coefficient (Wildman–Crippen LogP) is 2.43. The number of thiophene rings is 1. The SMILES string of the molecule is C[C@H]1C[C@@]2(CCN1)OCCc1c2sc(Cl)c1CO. The average Bonchev–Trinajstić information content (AvgIpc) is 2.67. The number of piperidine rings is 1. The Hall–Kier alpha value is -0.130. The van der Waals surface area contributed by atoms with Crippen LogP contribution in [0.4, 0.5) is 0 Å². The summed E-state index contributed by atoms with van der Waals surface area (Å²) in [5.74, 6) is 0. The molecule has 1 aromatic rings. The molecule has 1 spiro atoms. The van der Waals surface area contributed by atoms with Crippen LogP contribution in [0.1, 0.15) is 35.8 Å². The summed E-state index contributed by atoms with van der Waals surface area (Å²) in [4.78, 5) is 1.26. The number of fused-ring (bicyclic) bond motifs is 2. The number of halogens is 1. The molecule has 1 saturated heterocycles. The molecule has 2 aliphatic heterocycles. The topological polar surface area (TPSA) is 41.5 Å². The number of ether oxygens (including phenoxy) is 1. The summed E-state index contributed by atoms with van der Waals surface area (Å²) in [5.41, 5.74) is 2.00. The summed E-state index contributed by atoms with van der Waals surface area (Å²) in [7, 11) is 0. The lowest BCUT2D eigenvalue weighted by Gasteiger charge is -2.43. The van der Waals surface area contributed by atoms with Crippen LogP contribution in [-0.2, 0) is 23.4 Å². The highest BCUT2D eigenvalue weighted by atomic mass is 35.5. The second-order valence-electron chi connectivity index (χ2n) is 5.22. The zero-order valence-corrected chi connectivity index (χ0v) is 12.0. The molecule has 0 aromatic carbocycles. The van der Waals surface area contributed by atoms with Gasteiger partial charge >= 0.3 is 0 Å². The first-order valence-corrected chi connectivity index (χ1v) is 7.64. The quantitative estimate of drug-likeness (QED) is 0.834. The molecule has 2 aliphatic rings. The van der Waals surface area contributed by atoms with Crippen LogP contribution in [0.3, 0.4) is 0 Å². The second-order valence-corrected chi connectivity index (χ2v) is 6.84. The second kappa shape index (κ2) is 4.76. The van der Waals surface area contributed by atoms with Gasteiger partial charge in [-0.2, -0.15) is 0 Å². The van der Waals surface area contributed by atoms with Crippen LogP contribution in [0, 0.1) is 0 Å². The molecular formula is C13H18ClNO2S. The van der Waals surface area contributed by atoms with Gasteiger partial charge in [0.2, 0.25) is 0 Å². The number of aliphatic hydroxyl groups excluding tert-OH is 1. The number of aliphatic hydroxyl groups is 1. The zero-order chi connectivity index (χ0) is 12.8. The molecule has 3 heterocycles. The van der Waals surface area contributed by atoms with Crippen molar-refractivity contribution < 1.29 is 9.84 Å². The van der Waals surface area contributed by atoms with E-state index >= 15 is 0 Å².